The molecule has 0 fully saturated rings. The van der Waals surface area contributed by atoms with Crippen LogP contribution >= 0.6 is 11.6 Å². The SMILES string of the molecule is CCCCCCC[n+]1ccn(CCC=Cc2ccc(Cl)cc2)c1.[Cl-]. The molecule has 1 heterocycles. The smallest absolute Gasteiger partial charge is 0.243 e. The van der Waals surface area contributed by atoms with Crippen LogP contribution in [-0.4, -0.2) is 4.57 Å². The van der Waals surface area contributed by atoms with Crippen LogP contribution in [0.3, 0.4) is 0 Å². The van der Waals surface area contributed by atoms with Crippen molar-refractivity contribution in [2.75, 3.05) is 0 Å². The van der Waals surface area contributed by atoms with E-state index in [2.05, 4.69) is 46.9 Å². The Hall–Kier alpha value is -1.25. The van der Waals surface area contributed by atoms with E-state index < -0.39 is 0 Å². The fourth-order valence-corrected chi connectivity index (χ4v) is 2.74. The lowest BCUT2D eigenvalue weighted by Crippen LogP contribution is -3.00. The molecule has 4 heteroatoms. The Morgan fingerprint density at radius 1 is 1.08 bits per heavy atom. The minimum absolute atomic E-state index is 0. The normalized spacial score (nSPS) is 10.9. The number of hydrogen-bond acceptors (Lipinski definition) is 0. The summed E-state index contributed by atoms with van der Waals surface area (Å²) < 4.78 is 4.56. The first-order valence-electron chi connectivity index (χ1n) is 8.75. The van der Waals surface area contributed by atoms with Crippen molar-refractivity contribution in [2.45, 2.75) is 58.5 Å². The number of hydrogen-bond donors (Lipinski definition) is 0. The van der Waals surface area contributed by atoms with Gasteiger partial charge in [-0.15, -0.1) is 0 Å². The Bertz CT molecular complexity index is 588. The topological polar surface area (TPSA) is 8.81 Å². The molecule has 2 rings (SSSR count). The van der Waals surface area contributed by atoms with Gasteiger partial charge in [-0.05, 0) is 30.5 Å². The fourth-order valence-electron chi connectivity index (χ4n) is 2.62. The molecule has 0 saturated heterocycles. The van der Waals surface area contributed by atoms with Crippen LogP contribution in [0.15, 0.2) is 49.1 Å². The van der Waals surface area contributed by atoms with Crippen molar-refractivity contribution in [1.29, 1.82) is 0 Å². The fraction of sp³-hybridized carbons (Fsp3) is 0.450. The van der Waals surface area contributed by atoms with E-state index in [1.165, 1.54) is 37.7 Å². The van der Waals surface area contributed by atoms with Crippen LogP contribution in [0.5, 0.6) is 0 Å². The van der Waals surface area contributed by atoms with Crippen molar-refractivity contribution in [3.8, 4) is 0 Å². The molecule has 0 aliphatic heterocycles. The monoisotopic (exact) mass is 366 g/mol. The van der Waals surface area contributed by atoms with E-state index in [1.807, 2.05) is 24.3 Å². The minimum atomic E-state index is 0. The number of benzene rings is 1. The summed E-state index contributed by atoms with van der Waals surface area (Å²) in [6, 6.07) is 7.94. The molecule has 0 N–H and O–H groups in total. The summed E-state index contributed by atoms with van der Waals surface area (Å²) in [5, 5.41) is 0.786. The van der Waals surface area contributed by atoms with Crippen molar-refractivity contribution in [3.05, 3.63) is 59.6 Å². The number of unbranched alkanes of at least 4 members (excludes halogenated alkanes) is 4. The summed E-state index contributed by atoms with van der Waals surface area (Å²) in [4.78, 5) is 0. The Labute approximate surface area is 157 Å². The summed E-state index contributed by atoms with van der Waals surface area (Å²) in [7, 11) is 0. The molecule has 1 aromatic carbocycles. The molecule has 2 aromatic rings. The molecule has 2 nitrogen and oxygen atoms in total. The maximum atomic E-state index is 5.89. The Morgan fingerprint density at radius 3 is 2.58 bits per heavy atom. The molecule has 24 heavy (non-hydrogen) atoms. The second-order valence-corrected chi connectivity index (χ2v) is 6.48. The zero-order valence-electron chi connectivity index (χ0n) is 14.5. The van der Waals surface area contributed by atoms with Gasteiger partial charge in [-0.25, -0.2) is 9.13 Å². The number of nitrogens with zero attached hydrogens (tertiary/aromatic N) is 2. The molecule has 132 valence electrons. The maximum absolute atomic E-state index is 5.89. The van der Waals surface area contributed by atoms with E-state index in [-0.39, 0.29) is 12.4 Å². The van der Waals surface area contributed by atoms with E-state index in [1.54, 1.807) is 0 Å². The summed E-state index contributed by atoms with van der Waals surface area (Å²) in [6.07, 6.45) is 18.7. The molecule has 0 amide bonds. The molecule has 1 aromatic heterocycles. The lowest BCUT2D eigenvalue weighted by atomic mass is 10.1. The lowest BCUT2D eigenvalue weighted by Gasteiger charge is -1.97. The Morgan fingerprint density at radius 2 is 1.83 bits per heavy atom. The summed E-state index contributed by atoms with van der Waals surface area (Å²) in [6.45, 7) is 4.42. The molecule has 0 saturated carbocycles. The predicted molar refractivity (Wildman–Crippen MR) is 98.5 cm³/mol. The molecule has 0 bridgehead atoms. The van der Waals surface area contributed by atoms with Gasteiger partial charge in [0.1, 0.15) is 12.4 Å². The zero-order chi connectivity index (χ0) is 16.3. The number of imidazole rings is 1. The quantitative estimate of drug-likeness (QED) is 0.451. The van der Waals surface area contributed by atoms with Gasteiger partial charge in [0.2, 0.25) is 6.33 Å². The summed E-state index contributed by atoms with van der Waals surface area (Å²) in [5.74, 6) is 0. The molecular formula is C20H28Cl2N2. The van der Waals surface area contributed by atoms with Gasteiger partial charge in [0.05, 0.1) is 13.1 Å². The van der Waals surface area contributed by atoms with Crippen molar-refractivity contribution in [1.82, 2.24) is 4.57 Å². The summed E-state index contributed by atoms with van der Waals surface area (Å²) >= 11 is 5.89. The Kier molecular flexibility index (Phi) is 10.5. The van der Waals surface area contributed by atoms with Crippen molar-refractivity contribution >= 4 is 17.7 Å². The number of halogens is 2. The lowest BCUT2D eigenvalue weighted by molar-refractivity contribution is -0.696. The van der Waals surface area contributed by atoms with Gasteiger partial charge >= 0.3 is 0 Å². The average molecular weight is 367 g/mol. The van der Waals surface area contributed by atoms with Crippen LogP contribution in [0.2, 0.25) is 5.02 Å². The minimum Gasteiger partial charge on any atom is -1.00 e. The highest BCUT2D eigenvalue weighted by molar-refractivity contribution is 6.30. The maximum Gasteiger partial charge on any atom is 0.243 e. The summed E-state index contributed by atoms with van der Waals surface area (Å²) in [5.41, 5.74) is 1.20. The van der Waals surface area contributed by atoms with Gasteiger partial charge in [-0.2, -0.15) is 0 Å². The van der Waals surface area contributed by atoms with E-state index in [4.69, 9.17) is 11.6 Å². The van der Waals surface area contributed by atoms with E-state index in [0.29, 0.717) is 0 Å². The van der Waals surface area contributed by atoms with Gasteiger partial charge < -0.3 is 12.4 Å². The van der Waals surface area contributed by atoms with Gasteiger partial charge in [-0.1, -0.05) is 62.1 Å². The highest BCUT2D eigenvalue weighted by Gasteiger charge is 2.02. The molecular weight excluding hydrogens is 339 g/mol. The third-order valence-electron chi connectivity index (χ3n) is 4.00. The second-order valence-electron chi connectivity index (χ2n) is 6.05. The zero-order valence-corrected chi connectivity index (χ0v) is 16.0. The number of aromatic nitrogens is 2. The molecule has 0 aliphatic carbocycles. The van der Waals surface area contributed by atoms with Gasteiger partial charge in [0.25, 0.3) is 0 Å². The molecule has 0 radical (unpaired) electrons. The molecule has 0 spiro atoms. The number of allylic oxidation sites excluding steroid dienone is 1. The predicted octanol–water partition coefficient (Wildman–Crippen LogP) is 2.51. The molecule has 0 atom stereocenters. The average Bonchev–Trinajstić information content (AvgIpc) is 3.01. The van der Waals surface area contributed by atoms with Gasteiger partial charge in [0.15, 0.2) is 0 Å². The third kappa shape index (κ3) is 8.03. The van der Waals surface area contributed by atoms with Crippen molar-refractivity contribution in [2.24, 2.45) is 0 Å². The third-order valence-corrected chi connectivity index (χ3v) is 4.25. The van der Waals surface area contributed by atoms with Crippen LogP contribution in [0, 0.1) is 0 Å². The van der Waals surface area contributed by atoms with Crippen molar-refractivity contribution in [3.63, 3.8) is 0 Å². The van der Waals surface area contributed by atoms with Gasteiger partial charge in [-0.3, -0.25) is 0 Å². The van der Waals surface area contributed by atoms with Crippen molar-refractivity contribution < 1.29 is 17.0 Å². The Balaban J connectivity index is 0.00000288. The van der Waals surface area contributed by atoms with Crippen LogP contribution in [0.1, 0.15) is 51.0 Å². The van der Waals surface area contributed by atoms with Gasteiger partial charge in [0, 0.05) is 11.4 Å². The number of rotatable bonds is 10. The first-order chi connectivity index (χ1) is 11.3. The first kappa shape index (κ1) is 20.8. The van der Waals surface area contributed by atoms with E-state index in [0.717, 1.165) is 24.5 Å². The molecule has 0 aliphatic rings. The molecule has 0 unspecified atom stereocenters. The highest BCUT2D eigenvalue weighted by atomic mass is 35.5. The van der Waals surface area contributed by atoms with Crippen LogP contribution in [0.4, 0.5) is 0 Å². The standard InChI is InChI=1S/C20H28ClN2.ClH/c1-2-3-4-5-7-14-22-16-17-23(18-22)15-8-6-9-19-10-12-20(21)13-11-19;/h6,9-13,16-18H,2-5,7-8,14-15H2,1H3;1H/q+1;/p-1. The number of aryl methyl sites for hydroxylation is 2. The largest absolute Gasteiger partial charge is 1.00 e. The van der Waals surface area contributed by atoms with Crippen LogP contribution in [0.25, 0.3) is 6.08 Å². The highest BCUT2D eigenvalue weighted by Crippen LogP contribution is 2.11. The first-order valence-corrected chi connectivity index (χ1v) is 9.12. The van der Waals surface area contributed by atoms with E-state index >= 15 is 0 Å². The second kappa shape index (κ2) is 12.2. The van der Waals surface area contributed by atoms with E-state index in [9.17, 15) is 0 Å². The van der Waals surface area contributed by atoms with Crippen LogP contribution in [-0.2, 0) is 13.1 Å². The van der Waals surface area contributed by atoms with Crippen LogP contribution < -0.4 is 17.0 Å².